The fourth-order valence-electron chi connectivity index (χ4n) is 4.24. The van der Waals surface area contributed by atoms with Gasteiger partial charge in [0.1, 0.15) is 10.5 Å². The number of halogens is 1. The van der Waals surface area contributed by atoms with E-state index in [0.717, 1.165) is 20.9 Å². The van der Waals surface area contributed by atoms with E-state index in [1.54, 1.807) is 25.3 Å². The van der Waals surface area contributed by atoms with Crippen LogP contribution >= 0.6 is 22.9 Å². The van der Waals surface area contributed by atoms with E-state index in [-0.39, 0.29) is 5.03 Å². The normalized spacial score (nSPS) is 12.2. The third kappa shape index (κ3) is 3.67. The van der Waals surface area contributed by atoms with Gasteiger partial charge in [-0.1, -0.05) is 60.3 Å². The first-order valence-corrected chi connectivity index (χ1v) is 11.8. The number of benzene rings is 1. The number of allylic oxidation sites excluding steroid dienone is 4. The van der Waals surface area contributed by atoms with Gasteiger partial charge in [0.05, 0.1) is 23.1 Å². The van der Waals surface area contributed by atoms with Crippen LogP contribution in [-0.2, 0) is 0 Å². The van der Waals surface area contributed by atoms with E-state index in [4.69, 9.17) is 16.1 Å². The number of rotatable bonds is 5. The summed E-state index contributed by atoms with van der Waals surface area (Å²) in [7, 11) is 0. The van der Waals surface area contributed by atoms with Crippen molar-refractivity contribution in [3.63, 3.8) is 0 Å². The third-order valence-corrected chi connectivity index (χ3v) is 7.09. The predicted octanol–water partition coefficient (Wildman–Crippen LogP) is 5.74. The summed E-state index contributed by atoms with van der Waals surface area (Å²) in [5.41, 5.74) is 2.48. The average Bonchev–Trinajstić information content (AvgIpc) is 3.40. The molecule has 0 radical (unpaired) electrons. The molecular weight excluding hydrogens is 484 g/mol. The summed E-state index contributed by atoms with van der Waals surface area (Å²) in [6, 6.07) is 9.17. The van der Waals surface area contributed by atoms with Crippen molar-refractivity contribution in [1.82, 2.24) is 19.7 Å². The van der Waals surface area contributed by atoms with Crippen LogP contribution in [0.4, 0.5) is 0 Å². The van der Waals surface area contributed by atoms with Gasteiger partial charge in [0.2, 0.25) is 0 Å². The molecule has 9 heteroatoms. The summed E-state index contributed by atoms with van der Waals surface area (Å²) in [6.45, 7) is 11.5. The van der Waals surface area contributed by atoms with Gasteiger partial charge in [-0.3, -0.25) is 9.78 Å². The average molecular weight is 503 g/mol. The Morgan fingerprint density at radius 1 is 1.23 bits per heavy atom. The first-order chi connectivity index (χ1) is 16.8. The number of aromatic nitrogens is 4. The highest BCUT2D eigenvalue weighted by atomic mass is 35.5. The van der Waals surface area contributed by atoms with E-state index < -0.39 is 11.2 Å². The van der Waals surface area contributed by atoms with E-state index in [1.807, 2.05) is 31.2 Å². The Hall–Kier alpha value is -4.01. The lowest BCUT2D eigenvalue weighted by molar-refractivity contribution is 0.393. The second kappa shape index (κ2) is 8.65. The quantitative estimate of drug-likeness (QED) is 0.309. The van der Waals surface area contributed by atoms with Crippen LogP contribution in [0.5, 0.6) is 0 Å². The fourth-order valence-corrected chi connectivity index (χ4v) is 5.63. The Balaban J connectivity index is 1.80. The molecular formula is C26H19ClN4O3S. The SMILES string of the molecule is C=C/C(=C(\C(=C)Cl)c1cc2[nH]c(=O)n(-c3cncc4ccccc34)c(=O)c2s1)c1c(C)noc1C. The zero-order valence-corrected chi connectivity index (χ0v) is 20.5. The lowest BCUT2D eigenvalue weighted by Crippen LogP contribution is -2.33. The van der Waals surface area contributed by atoms with Crippen molar-refractivity contribution in [3.05, 3.63) is 110 Å². The Labute approximate surface area is 208 Å². The lowest BCUT2D eigenvalue weighted by atomic mass is 9.97. The molecule has 1 aromatic carbocycles. The molecule has 5 rings (SSSR count). The number of aryl methyl sites for hydroxylation is 2. The largest absolute Gasteiger partial charge is 0.361 e. The molecule has 1 N–H and O–H groups in total. The molecule has 0 amide bonds. The van der Waals surface area contributed by atoms with E-state index in [0.29, 0.717) is 43.4 Å². The van der Waals surface area contributed by atoms with Crippen LogP contribution in [0.3, 0.4) is 0 Å². The summed E-state index contributed by atoms with van der Waals surface area (Å²) in [5, 5.41) is 5.85. The Bertz CT molecular complexity index is 1800. The first kappa shape index (κ1) is 22.8. The molecule has 0 spiro atoms. The number of thiophene rings is 1. The van der Waals surface area contributed by atoms with Crippen LogP contribution in [0.15, 0.2) is 81.1 Å². The third-order valence-electron chi connectivity index (χ3n) is 5.76. The molecule has 0 saturated carbocycles. The highest BCUT2D eigenvalue weighted by Crippen LogP contribution is 2.40. The zero-order chi connectivity index (χ0) is 24.9. The molecule has 0 saturated heterocycles. The molecule has 7 nitrogen and oxygen atoms in total. The van der Waals surface area contributed by atoms with Crippen molar-refractivity contribution in [2.24, 2.45) is 0 Å². The highest BCUT2D eigenvalue weighted by Gasteiger charge is 2.22. The number of hydrogen-bond acceptors (Lipinski definition) is 6. The molecule has 35 heavy (non-hydrogen) atoms. The van der Waals surface area contributed by atoms with Gasteiger partial charge < -0.3 is 9.51 Å². The maximum Gasteiger partial charge on any atom is 0.333 e. The number of fused-ring (bicyclic) bond motifs is 2. The maximum atomic E-state index is 13.6. The molecule has 4 heterocycles. The van der Waals surface area contributed by atoms with Crippen molar-refractivity contribution in [3.8, 4) is 5.69 Å². The monoisotopic (exact) mass is 502 g/mol. The maximum absolute atomic E-state index is 13.6. The van der Waals surface area contributed by atoms with Crippen molar-refractivity contribution >= 4 is 55.1 Å². The zero-order valence-electron chi connectivity index (χ0n) is 18.9. The Morgan fingerprint density at radius 2 is 2.00 bits per heavy atom. The van der Waals surface area contributed by atoms with E-state index in [2.05, 4.69) is 28.3 Å². The fraction of sp³-hybridized carbons (Fsp3) is 0.0769. The van der Waals surface area contributed by atoms with Gasteiger partial charge in [0.15, 0.2) is 0 Å². The summed E-state index contributed by atoms with van der Waals surface area (Å²) in [6.07, 6.45) is 4.86. The van der Waals surface area contributed by atoms with Gasteiger partial charge in [-0.15, -0.1) is 11.3 Å². The standard InChI is InChI=1S/C26H19ClN4O3S/c1-5-17(23-14(3)30-34-15(23)4)22(13(2)27)21-10-19-24(35-21)25(32)31(26(33)29-19)20-12-28-11-16-8-6-7-9-18(16)20/h5-12H,1-2H2,3-4H3,(H,29,33)/b22-17-. The van der Waals surface area contributed by atoms with E-state index >= 15 is 0 Å². The van der Waals surface area contributed by atoms with Crippen LogP contribution in [-0.4, -0.2) is 19.7 Å². The predicted molar refractivity (Wildman–Crippen MR) is 141 cm³/mol. The van der Waals surface area contributed by atoms with Gasteiger partial charge >= 0.3 is 5.69 Å². The molecule has 0 fully saturated rings. The highest BCUT2D eigenvalue weighted by molar-refractivity contribution is 7.20. The number of nitrogens with zero attached hydrogens (tertiary/aromatic N) is 3. The summed E-state index contributed by atoms with van der Waals surface area (Å²) < 4.78 is 6.81. The van der Waals surface area contributed by atoms with Gasteiger partial charge in [-0.05, 0) is 25.5 Å². The molecule has 0 atom stereocenters. The molecule has 0 aliphatic carbocycles. The second-order valence-electron chi connectivity index (χ2n) is 7.90. The summed E-state index contributed by atoms with van der Waals surface area (Å²) in [5.74, 6) is 0.605. The van der Waals surface area contributed by atoms with Crippen molar-refractivity contribution in [2.45, 2.75) is 13.8 Å². The topological polar surface area (TPSA) is 93.8 Å². The molecule has 4 aromatic heterocycles. The van der Waals surface area contributed by atoms with Gasteiger partial charge in [0, 0.05) is 38.0 Å². The second-order valence-corrected chi connectivity index (χ2v) is 9.41. The molecule has 0 bridgehead atoms. The Morgan fingerprint density at radius 3 is 2.69 bits per heavy atom. The lowest BCUT2D eigenvalue weighted by Gasteiger charge is -2.10. The molecule has 0 aliphatic heterocycles. The summed E-state index contributed by atoms with van der Waals surface area (Å²) in [4.78, 5) is 34.3. The van der Waals surface area contributed by atoms with Crippen LogP contribution in [0, 0.1) is 13.8 Å². The van der Waals surface area contributed by atoms with Crippen LogP contribution in [0.1, 0.15) is 21.9 Å². The van der Waals surface area contributed by atoms with Gasteiger partial charge in [-0.2, -0.15) is 0 Å². The number of hydrogen-bond donors (Lipinski definition) is 1. The summed E-state index contributed by atoms with van der Waals surface area (Å²) >= 11 is 7.67. The van der Waals surface area contributed by atoms with Crippen LogP contribution in [0.25, 0.3) is 37.8 Å². The number of H-pyrrole nitrogens is 1. The van der Waals surface area contributed by atoms with Gasteiger partial charge in [-0.25, -0.2) is 9.36 Å². The number of pyridine rings is 1. The minimum absolute atomic E-state index is 0.257. The molecule has 0 unspecified atom stereocenters. The smallest absolute Gasteiger partial charge is 0.333 e. The minimum atomic E-state index is -0.560. The Kier molecular flexibility index (Phi) is 5.62. The van der Waals surface area contributed by atoms with Crippen LogP contribution < -0.4 is 11.2 Å². The van der Waals surface area contributed by atoms with E-state index in [9.17, 15) is 9.59 Å². The molecule has 0 aliphatic rings. The number of nitrogens with one attached hydrogen (secondary N) is 1. The number of aromatic amines is 1. The van der Waals surface area contributed by atoms with E-state index in [1.165, 1.54) is 17.5 Å². The first-order valence-electron chi connectivity index (χ1n) is 10.6. The van der Waals surface area contributed by atoms with Gasteiger partial charge in [0.25, 0.3) is 5.56 Å². The van der Waals surface area contributed by atoms with Crippen molar-refractivity contribution in [1.29, 1.82) is 0 Å². The van der Waals surface area contributed by atoms with Crippen molar-refractivity contribution < 1.29 is 4.52 Å². The minimum Gasteiger partial charge on any atom is -0.361 e. The van der Waals surface area contributed by atoms with Crippen LogP contribution in [0.2, 0.25) is 0 Å². The molecule has 174 valence electrons. The van der Waals surface area contributed by atoms with Crippen molar-refractivity contribution in [2.75, 3.05) is 0 Å². The molecule has 5 aromatic rings.